The van der Waals surface area contributed by atoms with Crippen LogP contribution in [0.15, 0.2) is 47.8 Å². The van der Waals surface area contributed by atoms with Gasteiger partial charge in [-0.05, 0) is 17.4 Å². The molecule has 4 heteroatoms. The van der Waals surface area contributed by atoms with E-state index in [1.807, 2.05) is 47.8 Å². The molecule has 2 heterocycles. The van der Waals surface area contributed by atoms with Gasteiger partial charge in [0.15, 0.2) is 5.60 Å². The van der Waals surface area contributed by atoms with Gasteiger partial charge in [0.05, 0.1) is 25.0 Å². The number of quaternary nitrogens is 1. The number of benzene rings is 1. The summed E-state index contributed by atoms with van der Waals surface area (Å²) in [4.78, 5) is 0.885. The first-order valence-corrected chi connectivity index (χ1v) is 8.66. The Morgan fingerprint density at radius 2 is 1.83 bits per heavy atom. The van der Waals surface area contributed by atoms with E-state index >= 15 is 0 Å². The third kappa shape index (κ3) is 4.16. The average Bonchev–Trinajstić information content (AvgIpc) is 3.20. The van der Waals surface area contributed by atoms with Crippen molar-refractivity contribution in [3.63, 3.8) is 0 Å². The van der Waals surface area contributed by atoms with Crippen molar-refractivity contribution in [3.8, 4) is 11.8 Å². The van der Waals surface area contributed by atoms with E-state index in [-0.39, 0.29) is 24.0 Å². The molecule has 1 aromatic heterocycles. The number of hydrogen-bond acceptors (Lipinski definition) is 2. The van der Waals surface area contributed by atoms with E-state index < -0.39 is 5.60 Å². The summed E-state index contributed by atoms with van der Waals surface area (Å²) in [7, 11) is 2.26. The van der Waals surface area contributed by atoms with Gasteiger partial charge in [-0.2, -0.15) is 0 Å². The van der Waals surface area contributed by atoms with E-state index in [4.69, 9.17) is 0 Å². The Labute approximate surface area is 159 Å². The molecule has 0 bridgehead atoms. The van der Waals surface area contributed by atoms with Crippen LogP contribution in [-0.4, -0.2) is 36.3 Å². The van der Waals surface area contributed by atoms with E-state index in [1.54, 1.807) is 11.3 Å². The van der Waals surface area contributed by atoms with Gasteiger partial charge in [0.2, 0.25) is 0 Å². The SMILES string of the molecule is C[N+]1(CC#CC(O)(c2ccccc2)c2cccs2)CCCC1.[I-]. The van der Waals surface area contributed by atoms with Crippen LogP contribution in [0.3, 0.4) is 0 Å². The molecular weight excluding hydrogens is 417 g/mol. The van der Waals surface area contributed by atoms with Crippen LogP contribution >= 0.6 is 11.3 Å². The molecular formula is C19H22INOS. The van der Waals surface area contributed by atoms with Crippen molar-refractivity contribution in [2.45, 2.75) is 18.4 Å². The molecule has 3 rings (SSSR count). The summed E-state index contributed by atoms with van der Waals surface area (Å²) in [6.45, 7) is 3.19. The number of nitrogens with zero attached hydrogens (tertiary/aromatic N) is 1. The number of rotatable bonds is 3. The zero-order valence-electron chi connectivity index (χ0n) is 13.3. The van der Waals surface area contributed by atoms with Crippen molar-refractivity contribution in [2.24, 2.45) is 0 Å². The monoisotopic (exact) mass is 439 g/mol. The molecule has 0 saturated carbocycles. The fourth-order valence-corrected chi connectivity index (χ4v) is 3.86. The lowest BCUT2D eigenvalue weighted by molar-refractivity contribution is -0.890. The Bertz CT molecular complexity index is 668. The molecule has 0 radical (unpaired) electrons. The summed E-state index contributed by atoms with van der Waals surface area (Å²) in [5.41, 5.74) is -0.358. The van der Waals surface area contributed by atoms with Crippen molar-refractivity contribution in [1.29, 1.82) is 0 Å². The van der Waals surface area contributed by atoms with Crippen LogP contribution in [-0.2, 0) is 5.60 Å². The molecule has 1 unspecified atom stereocenters. The molecule has 1 saturated heterocycles. The van der Waals surface area contributed by atoms with Gasteiger partial charge in [-0.25, -0.2) is 0 Å². The van der Waals surface area contributed by atoms with E-state index in [0.717, 1.165) is 21.5 Å². The maximum absolute atomic E-state index is 11.2. The van der Waals surface area contributed by atoms with Crippen molar-refractivity contribution >= 4 is 11.3 Å². The highest BCUT2D eigenvalue weighted by molar-refractivity contribution is 7.10. The minimum absolute atomic E-state index is 0. The molecule has 0 spiro atoms. The second-order valence-electron chi connectivity index (χ2n) is 6.29. The van der Waals surface area contributed by atoms with Crippen LogP contribution in [0.4, 0.5) is 0 Å². The number of halogens is 1. The minimum atomic E-state index is -1.20. The standard InChI is InChI=1S/C19H22NOS.HI/c1-20(13-5-6-14-20)15-8-12-19(21,18-11-7-16-22-18)17-9-3-2-4-10-17;/h2-4,7,9-11,16,21H,5-6,13-15H2,1H3;1H/q+1;/p-1. The largest absolute Gasteiger partial charge is 1.00 e. The molecule has 23 heavy (non-hydrogen) atoms. The maximum atomic E-state index is 11.2. The number of thiophene rings is 1. The van der Waals surface area contributed by atoms with E-state index in [1.165, 1.54) is 25.9 Å². The number of aliphatic hydroxyl groups is 1. The van der Waals surface area contributed by atoms with Crippen molar-refractivity contribution < 1.29 is 33.6 Å². The Hall–Kier alpha value is -0.870. The normalized spacial score (nSPS) is 18.3. The predicted octanol–water partition coefficient (Wildman–Crippen LogP) is 0.232. The fourth-order valence-electron chi connectivity index (χ4n) is 3.06. The van der Waals surface area contributed by atoms with Crippen LogP contribution in [0.1, 0.15) is 23.3 Å². The van der Waals surface area contributed by atoms with Gasteiger partial charge in [-0.1, -0.05) is 42.3 Å². The molecule has 1 aliphatic heterocycles. The van der Waals surface area contributed by atoms with Gasteiger partial charge in [-0.3, -0.25) is 0 Å². The highest BCUT2D eigenvalue weighted by Crippen LogP contribution is 2.32. The van der Waals surface area contributed by atoms with Crippen LogP contribution in [0, 0.1) is 11.8 Å². The zero-order chi connectivity index (χ0) is 15.5. The molecule has 2 aromatic rings. The topological polar surface area (TPSA) is 20.2 Å². The first kappa shape index (κ1) is 18.5. The smallest absolute Gasteiger partial charge is 0.186 e. The lowest BCUT2D eigenvalue weighted by atomic mass is 9.92. The molecule has 1 atom stereocenters. The van der Waals surface area contributed by atoms with Crippen molar-refractivity contribution in [1.82, 2.24) is 0 Å². The Morgan fingerprint density at radius 3 is 2.43 bits per heavy atom. The summed E-state index contributed by atoms with van der Waals surface area (Å²) in [5, 5.41) is 13.2. The molecule has 1 fully saturated rings. The summed E-state index contributed by atoms with van der Waals surface area (Å²) in [6.07, 6.45) is 2.57. The summed E-state index contributed by atoms with van der Waals surface area (Å²) >= 11 is 1.55. The molecule has 0 aliphatic carbocycles. The van der Waals surface area contributed by atoms with Crippen LogP contribution in [0.2, 0.25) is 0 Å². The molecule has 1 aromatic carbocycles. The van der Waals surface area contributed by atoms with Gasteiger partial charge in [0.1, 0.15) is 6.54 Å². The van der Waals surface area contributed by atoms with Crippen LogP contribution < -0.4 is 24.0 Å². The van der Waals surface area contributed by atoms with Crippen LogP contribution in [0.25, 0.3) is 0 Å². The van der Waals surface area contributed by atoms with Crippen molar-refractivity contribution in [3.05, 3.63) is 58.3 Å². The third-order valence-electron chi connectivity index (χ3n) is 4.45. The first-order chi connectivity index (χ1) is 10.6. The molecule has 1 aliphatic rings. The fraction of sp³-hybridized carbons (Fsp3) is 0.368. The number of likely N-dealkylation sites (tertiary alicyclic amines) is 1. The second kappa shape index (κ2) is 7.80. The molecule has 2 nitrogen and oxygen atoms in total. The van der Waals surface area contributed by atoms with Gasteiger partial charge in [-0.15, -0.1) is 11.3 Å². The summed E-state index contributed by atoms with van der Waals surface area (Å²) in [6, 6.07) is 13.7. The first-order valence-electron chi connectivity index (χ1n) is 7.78. The Balaban J connectivity index is 0.00000192. The lowest BCUT2D eigenvalue weighted by Crippen LogP contribution is -3.00. The number of hydrogen-bond donors (Lipinski definition) is 1. The minimum Gasteiger partial charge on any atom is -1.00 e. The predicted molar refractivity (Wildman–Crippen MR) is 91.6 cm³/mol. The lowest BCUT2D eigenvalue weighted by Gasteiger charge is -2.27. The summed E-state index contributed by atoms with van der Waals surface area (Å²) < 4.78 is 1.00. The van der Waals surface area contributed by atoms with Gasteiger partial charge >= 0.3 is 0 Å². The second-order valence-corrected chi connectivity index (χ2v) is 7.24. The third-order valence-corrected chi connectivity index (χ3v) is 5.42. The van der Waals surface area contributed by atoms with E-state index in [0.29, 0.717) is 0 Å². The Kier molecular flexibility index (Phi) is 6.26. The Morgan fingerprint density at radius 1 is 1.13 bits per heavy atom. The van der Waals surface area contributed by atoms with Crippen molar-refractivity contribution in [2.75, 3.05) is 26.7 Å². The highest BCUT2D eigenvalue weighted by Gasteiger charge is 2.31. The molecule has 122 valence electrons. The van der Waals surface area contributed by atoms with Crippen LogP contribution in [0.5, 0.6) is 0 Å². The van der Waals surface area contributed by atoms with Gasteiger partial charge in [0.25, 0.3) is 0 Å². The van der Waals surface area contributed by atoms with Gasteiger partial charge in [0, 0.05) is 18.4 Å². The highest BCUT2D eigenvalue weighted by atomic mass is 127. The maximum Gasteiger partial charge on any atom is 0.186 e. The molecule has 0 amide bonds. The van der Waals surface area contributed by atoms with E-state index in [9.17, 15) is 5.11 Å². The summed E-state index contributed by atoms with van der Waals surface area (Å²) in [5.74, 6) is 6.44. The average molecular weight is 439 g/mol. The van der Waals surface area contributed by atoms with E-state index in [2.05, 4.69) is 18.9 Å². The molecule has 1 N–H and O–H groups in total. The zero-order valence-corrected chi connectivity index (χ0v) is 16.3. The quantitative estimate of drug-likeness (QED) is 0.413. The van der Waals surface area contributed by atoms with Gasteiger partial charge < -0.3 is 33.6 Å².